The molecule has 6 heteroatoms. The molecule has 0 saturated carbocycles. The maximum atomic E-state index is 10.3. The molecule has 5 nitrogen and oxygen atoms in total. The summed E-state index contributed by atoms with van der Waals surface area (Å²) in [4.78, 5) is 11.6. The minimum atomic E-state index is 0.209. The van der Waals surface area contributed by atoms with E-state index in [2.05, 4.69) is 20.8 Å². The number of para-hydroxylation sites is 1. The molecule has 0 aliphatic carbocycles. The van der Waals surface area contributed by atoms with Crippen molar-refractivity contribution in [2.24, 2.45) is 0 Å². The van der Waals surface area contributed by atoms with Crippen LogP contribution in [0.5, 0.6) is 5.75 Å². The van der Waals surface area contributed by atoms with Crippen molar-refractivity contribution >= 4 is 21.9 Å². The number of aromatic hydroxyl groups is 1. The highest BCUT2D eigenvalue weighted by molar-refractivity contribution is 9.10. The average Bonchev–Trinajstić information content (AvgIpc) is 2.69. The Morgan fingerprint density at radius 3 is 2.35 bits per heavy atom. The maximum absolute atomic E-state index is 10.3. The fourth-order valence-electron chi connectivity index (χ4n) is 2.94. The molecular formula is C20H18BrN3O2. The van der Waals surface area contributed by atoms with Crippen molar-refractivity contribution in [3.63, 3.8) is 0 Å². The molecule has 132 valence electrons. The lowest BCUT2D eigenvalue weighted by molar-refractivity contribution is 0.122. The monoisotopic (exact) mass is 411 g/mol. The highest BCUT2D eigenvalue weighted by Gasteiger charge is 2.18. The van der Waals surface area contributed by atoms with E-state index >= 15 is 0 Å². The number of halogens is 1. The van der Waals surface area contributed by atoms with Crippen molar-refractivity contribution < 1.29 is 9.84 Å². The topological polar surface area (TPSA) is 58.5 Å². The molecule has 0 bridgehead atoms. The molecule has 1 aliphatic heterocycles. The van der Waals surface area contributed by atoms with Crippen LogP contribution in [0, 0.1) is 0 Å². The zero-order valence-corrected chi connectivity index (χ0v) is 15.7. The van der Waals surface area contributed by atoms with Crippen LogP contribution in [0.4, 0.5) is 5.95 Å². The molecule has 0 radical (unpaired) electrons. The van der Waals surface area contributed by atoms with Crippen molar-refractivity contribution in [1.82, 2.24) is 9.97 Å². The van der Waals surface area contributed by atoms with Crippen LogP contribution in [0.25, 0.3) is 22.5 Å². The molecule has 1 aliphatic rings. The predicted molar refractivity (Wildman–Crippen MR) is 105 cm³/mol. The van der Waals surface area contributed by atoms with Crippen LogP contribution in [0.3, 0.4) is 0 Å². The van der Waals surface area contributed by atoms with Gasteiger partial charge >= 0.3 is 0 Å². The number of benzene rings is 2. The number of hydrogen-bond donors (Lipinski definition) is 1. The van der Waals surface area contributed by atoms with Crippen LogP contribution in [-0.4, -0.2) is 41.4 Å². The average molecular weight is 412 g/mol. The van der Waals surface area contributed by atoms with Crippen LogP contribution in [0.1, 0.15) is 0 Å². The second kappa shape index (κ2) is 7.43. The standard InChI is InChI=1S/C20H18BrN3O2/c21-15-7-5-14(6-8-15)17-13-18(16-3-1-2-4-19(16)25)23-20(22-17)24-9-11-26-12-10-24/h1-8,13,25H,9-12H2. The van der Waals surface area contributed by atoms with Crippen molar-refractivity contribution in [2.45, 2.75) is 0 Å². The summed E-state index contributed by atoms with van der Waals surface area (Å²) in [6, 6.07) is 17.2. The highest BCUT2D eigenvalue weighted by Crippen LogP contribution is 2.31. The number of ether oxygens (including phenoxy) is 1. The van der Waals surface area contributed by atoms with Crippen molar-refractivity contribution in [1.29, 1.82) is 0 Å². The number of rotatable bonds is 3. The van der Waals surface area contributed by atoms with E-state index in [0.717, 1.165) is 28.8 Å². The third kappa shape index (κ3) is 3.57. The summed E-state index contributed by atoms with van der Waals surface area (Å²) in [5.74, 6) is 0.868. The van der Waals surface area contributed by atoms with Crippen LogP contribution < -0.4 is 4.90 Å². The number of hydrogen-bond acceptors (Lipinski definition) is 5. The van der Waals surface area contributed by atoms with E-state index in [1.54, 1.807) is 12.1 Å². The second-order valence-corrected chi connectivity index (χ2v) is 6.98. The van der Waals surface area contributed by atoms with Gasteiger partial charge in [-0.25, -0.2) is 9.97 Å². The second-order valence-electron chi connectivity index (χ2n) is 6.06. The smallest absolute Gasteiger partial charge is 0.226 e. The molecule has 1 fully saturated rings. The molecule has 4 rings (SSSR count). The molecule has 3 aromatic rings. The summed E-state index contributed by atoms with van der Waals surface area (Å²) >= 11 is 3.47. The fraction of sp³-hybridized carbons (Fsp3) is 0.200. The Labute approximate surface area is 160 Å². The number of phenolic OH excluding ortho intramolecular Hbond substituents is 1. The van der Waals surface area contributed by atoms with Gasteiger partial charge in [0.25, 0.3) is 0 Å². The number of phenols is 1. The van der Waals surface area contributed by atoms with Gasteiger partial charge in [-0.15, -0.1) is 0 Å². The Kier molecular flexibility index (Phi) is 4.86. The van der Waals surface area contributed by atoms with E-state index in [4.69, 9.17) is 14.7 Å². The molecule has 0 amide bonds. The molecule has 0 atom stereocenters. The van der Waals surface area contributed by atoms with E-state index in [0.29, 0.717) is 30.4 Å². The molecule has 0 unspecified atom stereocenters. The van der Waals surface area contributed by atoms with E-state index in [9.17, 15) is 5.11 Å². The van der Waals surface area contributed by atoms with Crippen molar-refractivity contribution in [3.05, 3.63) is 59.1 Å². The third-order valence-corrected chi connectivity index (χ3v) is 4.86. The number of nitrogens with zero attached hydrogens (tertiary/aromatic N) is 3. The summed E-state index contributed by atoms with van der Waals surface area (Å²) in [5.41, 5.74) is 3.23. The summed E-state index contributed by atoms with van der Waals surface area (Å²) in [6.45, 7) is 2.84. The lowest BCUT2D eigenvalue weighted by Crippen LogP contribution is -2.37. The van der Waals surface area contributed by atoms with Gasteiger partial charge in [-0.1, -0.05) is 40.2 Å². The summed E-state index contributed by atoms with van der Waals surface area (Å²) in [5, 5.41) is 10.3. The number of aromatic nitrogens is 2. The van der Waals surface area contributed by atoms with Crippen molar-refractivity contribution in [2.75, 3.05) is 31.2 Å². The summed E-state index contributed by atoms with van der Waals surface area (Å²) in [6.07, 6.45) is 0. The van der Waals surface area contributed by atoms with Gasteiger partial charge in [0.1, 0.15) is 5.75 Å². The third-order valence-electron chi connectivity index (χ3n) is 4.33. The zero-order chi connectivity index (χ0) is 17.9. The molecule has 26 heavy (non-hydrogen) atoms. The van der Waals surface area contributed by atoms with E-state index in [1.165, 1.54) is 0 Å². The molecule has 1 saturated heterocycles. The molecule has 2 heterocycles. The maximum Gasteiger partial charge on any atom is 0.226 e. The quantitative estimate of drug-likeness (QED) is 0.702. The molecular weight excluding hydrogens is 394 g/mol. The predicted octanol–water partition coefficient (Wildman–Crippen LogP) is 4.12. The molecule has 2 aromatic carbocycles. The van der Waals surface area contributed by atoms with Crippen molar-refractivity contribution in [3.8, 4) is 28.3 Å². The normalized spacial score (nSPS) is 14.4. The minimum absolute atomic E-state index is 0.209. The van der Waals surface area contributed by atoms with E-state index < -0.39 is 0 Å². The first-order valence-corrected chi connectivity index (χ1v) is 9.26. The van der Waals surface area contributed by atoms with Crippen LogP contribution in [0.15, 0.2) is 59.1 Å². The number of anilines is 1. The fourth-order valence-corrected chi connectivity index (χ4v) is 3.20. The van der Waals surface area contributed by atoms with Crippen LogP contribution in [-0.2, 0) is 4.74 Å². The lowest BCUT2D eigenvalue weighted by atomic mass is 10.1. The highest BCUT2D eigenvalue weighted by atomic mass is 79.9. The van der Waals surface area contributed by atoms with Gasteiger partial charge in [-0.2, -0.15) is 0 Å². The Bertz CT molecular complexity index is 909. The van der Waals surface area contributed by atoms with Gasteiger partial charge in [0.15, 0.2) is 0 Å². The Morgan fingerprint density at radius 1 is 0.923 bits per heavy atom. The van der Waals surface area contributed by atoms with E-state index in [-0.39, 0.29) is 5.75 Å². The van der Waals surface area contributed by atoms with Gasteiger partial charge in [-0.3, -0.25) is 0 Å². The van der Waals surface area contributed by atoms with E-state index in [1.807, 2.05) is 42.5 Å². The Hall–Kier alpha value is -2.44. The lowest BCUT2D eigenvalue weighted by Gasteiger charge is -2.27. The largest absolute Gasteiger partial charge is 0.507 e. The van der Waals surface area contributed by atoms with Crippen LogP contribution in [0.2, 0.25) is 0 Å². The first kappa shape index (κ1) is 17.0. The molecule has 0 spiro atoms. The van der Waals surface area contributed by atoms with Gasteiger partial charge in [-0.05, 0) is 30.3 Å². The van der Waals surface area contributed by atoms with Gasteiger partial charge in [0, 0.05) is 28.7 Å². The molecule has 1 aromatic heterocycles. The summed E-state index contributed by atoms with van der Waals surface area (Å²) in [7, 11) is 0. The minimum Gasteiger partial charge on any atom is -0.507 e. The van der Waals surface area contributed by atoms with Gasteiger partial charge in [0.05, 0.1) is 24.6 Å². The SMILES string of the molecule is Oc1ccccc1-c1cc(-c2ccc(Br)cc2)nc(N2CCOCC2)n1. The van der Waals surface area contributed by atoms with Crippen LogP contribution >= 0.6 is 15.9 Å². The Morgan fingerprint density at radius 2 is 1.62 bits per heavy atom. The first-order chi connectivity index (χ1) is 12.7. The summed E-state index contributed by atoms with van der Waals surface area (Å²) < 4.78 is 6.46. The molecule has 1 N–H and O–H groups in total. The zero-order valence-electron chi connectivity index (χ0n) is 14.1. The Balaban J connectivity index is 1.84. The first-order valence-electron chi connectivity index (χ1n) is 8.47. The van der Waals surface area contributed by atoms with Gasteiger partial charge in [0.2, 0.25) is 5.95 Å². The van der Waals surface area contributed by atoms with Gasteiger partial charge < -0.3 is 14.7 Å². The number of morpholine rings is 1.